The van der Waals surface area contributed by atoms with Gasteiger partial charge in [0, 0.05) is 10.5 Å². The van der Waals surface area contributed by atoms with E-state index in [1.54, 1.807) is 12.1 Å². The summed E-state index contributed by atoms with van der Waals surface area (Å²) in [6.45, 7) is 3.94. The molecule has 1 aromatic rings. The van der Waals surface area contributed by atoms with Crippen LogP contribution in [-0.4, -0.2) is 30.1 Å². The molecule has 2 atom stereocenters. The molecule has 0 radical (unpaired) electrons. The average Bonchev–Trinajstić information content (AvgIpc) is 2.35. The van der Waals surface area contributed by atoms with E-state index in [0.29, 0.717) is 11.5 Å². The van der Waals surface area contributed by atoms with Gasteiger partial charge in [0.1, 0.15) is 5.75 Å². The molecule has 3 N–H and O–H groups in total. The third-order valence-corrected chi connectivity index (χ3v) is 3.80. The fraction of sp³-hybridized carbons (Fsp3) is 0.462. The van der Waals surface area contributed by atoms with E-state index >= 15 is 0 Å². The minimum absolute atomic E-state index is 0.0114. The van der Waals surface area contributed by atoms with Crippen LogP contribution in [0.3, 0.4) is 0 Å². The Morgan fingerprint density at radius 2 is 2.33 bits per heavy atom. The number of benzene rings is 1. The number of amides is 1. The summed E-state index contributed by atoms with van der Waals surface area (Å²) >= 11 is 3.30. The Balaban J connectivity index is 2.09. The molecule has 1 fully saturated rings. The highest BCUT2D eigenvalue weighted by Crippen LogP contribution is 2.22. The van der Waals surface area contributed by atoms with Crippen LogP contribution in [0.1, 0.15) is 23.7 Å². The first-order chi connectivity index (χ1) is 8.58. The van der Waals surface area contributed by atoms with Crippen LogP contribution in [-0.2, 0) is 0 Å². The zero-order valence-electron chi connectivity index (χ0n) is 10.2. The molecule has 1 aliphatic heterocycles. The predicted molar refractivity (Wildman–Crippen MR) is 73.7 cm³/mol. The van der Waals surface area contributed by atoms with Gasteiger partial charge in [-0.05, 0) is 43.6 Å². The van der Waals surface area contributed by atoms with E-state index in [4.69, 9.17) is 0 Å². The Morgan fingerprint density at radius 3 is 3.06 bits per heavy atom. The van der Waals surface area contributed by atoms with Gasteiger partial charge >= 0.3 is 0 Å². The summed E-state index contributed by atoms with van der Waals surface area (Å²) < 4.78 is 0.781. The van der Waals surface area contributed by atoms with Crippen LogP contribution < -0.4 is 10.6 Å². The van der Waals surface area contributed by atoms with Crippen molar-refractivity contribution in [2.45, 2.75) is 19.4 Å². The van der Waals surface area contributed by atoms with Crippen LogP contribution in [0.2, 0.25) is 0 Å². The van der Waals surface area contributed by atoms with Crippen LogP contribution in [0.5, 0.6) is 5.75 Å². The zero-order valence-corrected chi connectivity index (χ0v) is 11.8. The predicted octanol–water partition coefficient (Wildman–Crippen LogP) is 1.88. The maximum Gasteiger partial charge on any atom is 0.255 e. The number of phenols is 1. The second-order valence-electron chi connectivity index (χ2n) is 4.71. The van der Waals surface area contributed by atoms with Gasteiger partial charge in [-0.1, -0.05) is 22.9 Å². The van der Waals surface area contributed by atoms with Gasteiger partial charge in [0.05, 0.1) is 5.56 Å². The molecule has 4 nitrogen and oxygen atoms in total. The van der Waals surface area contributed by atoms with Crippen molar-refractivity contribution in [3.05, 3.63) is 28.2 Å². The molecule has 1 heterocycles. The summed E-state index contributed by atoms with van der Waals surface area (Å²) in [7, 11) is 0. The van der Waals surface area contributed by atoms with Gasteiger partial charge in [-0.2, -0.15) is 0 Å². The summed E-state index contributed by atoms with van der Waals surface area (Å²) in [6.07, 6.45) is 0.918. The molecule has 98 valence electrons. The van der Waals surface area contributed by atoms with Crippen molar-refractivity contribution in [1.29, 1.82) is 0 Å². The number of rotatable bonds is 2. The van der Waals surface area contributed by atoms with E-state index in [1.807, 2.05) is 0 Å². The lowest BCUT2D eigenvalue weighted by atomic mass is 9.95. The lowest BCUT2D eigenvalue weighted by molar-refractivity contribution is 0.0911. The molecule has 2 unspecified atom stereocenters. The van der Waals surface area contributed by atoms with Gasteiger partial charge in [0.15, 0.2) is 0 Å². The second kappa shape index (κ2) is 5.71. The quantitative estimate of drug-likeness (QED) is 0.781. The average molecular weight is 313 g/mol. The summed E-state index contributed by atoms with van der Waals surface area (Å²) in [4.78, 5) is 12.1. The van der Waals surface area contributed by atoms with Gasteiger partial charge in [-0.15, -0.1) is 0 Å². The standard InChI is InChI=1S/C13H17BrN2O2/c1-8-7-15-5-4-11(8)16-13(18)10-6-9(14)2-3-12(10)17/h2-3,6,8,11,15,17H,4-5,7H2,1H3,(H,16,18). The molecule has 1 aromatic carbocycles. The van der Waals surface area contributed by atoms with E-state index < -0.39 is 0 Å². The summed E-state index contributed by atoms with van der Waals surface area (Å²) in [6, 6.07) is 5.03. The minimum Gasteiger partial charge on any atom is -0.507 e. The molecule has 0 bridgehead atoms. The van der Waals surface area contributed by atoms with Crippen molar-refractivity contribution in [2.24, 2.45) is 5.92 Å². The first kappa shape index (κ1) is 13.4. The Morgan fingerprint density at radius 1 is 1.56 bits per heavy atom. The Kier molecular flexibility index (Phi) is 4.24. The minimum atomic E-state index is -0.215. The molecule has 0 spiro atoms. The summed E-state index contributed by atoms with van der Waals surface area (Å²) in [5, 5.41) is 16.0. The van der Waals surface area contributed by atoms with E-state index in [1.165, 1.54) is 6.07 Å². The molecule has 1 saturated heterocycles. The van der Waals surface area contributed by atoms with Crippen molar-refractivity contribution >= 4 is 21.8 Å². The van der Waals surface area contributed by atoms with Crippen LogP contribution >= 0.6 is 15.9 Å². The second-order valence-corrected chi connectivity index (χ2v) is 5.63. The van der Waals surface area contributed by atoms with Crippen molar-refractivity contribution in [3.63, 3.8) is 0 Å². The van der Waals surface area contributed by atoms with E-state index in [2.05, 4.69) is 33.5 Å². The molecule has 1 aliphatic rings. The third-order valence-electron chi connectivity index (χ3n) is 3.31. The number of aromatic hydroxyl groups is 1. The molecule has 2 rings (SSSR count). The Hall–Kier alpha value is -1.07. The molecule has 0 saturated carbocycles. The maximum absolute atomic E-state index is 12.1. The maximum atomic E-state index is 12.1. The van der Waals surface area contributed by atoms with Gasteiger partial charge in [-0.25, -0.2) is 0 Å². The number of hydrogen-bond donors (Lipinski definition) is 3. The first-order valence-corrected chi connectivity index (χ1v) is 6.87. The highest BCUT2D eigenvalue weighted by atomic mass is 79.9. The molecular formula is C13H17BrN2O2. The van der Waals surface area contributed by atoms with Gasteiger partial charge < -0.3 is 15.7 Å². The molecule has 5 heteroatoms. The smallest absolute Gasteiger partial charge is 0.255 e. The molecule has 18 heavy (non-hydrogen) atoms. The van der Waals surface area contributed by atoms with Crippen LogP contribution in [0.25, 0.3) is 0 Å². The fourth-order valence-corrected chi connectivity index (χ4v) is 2.53. The zero-order chi connectivity index (χ0) is 13.1. The van der Waals surface area contributed by atoms with Crippen molar-refractivity contribution in [2.75, 3.05) is 13.1 Å². The van der Waals surface area contributed by atoms with Crippen LogP contribution in [0.4, 0.5) is 0 Å². The number of halogens is 1. The third kappa shape index (κ3) is 3.03. The fourth-order valence-electron chi connectivity index (χ4n) is 2.16. The topological polar surface area (TPSA) is 61.4 Å². The van der Waals surface area contributed by atoms with Gasteiger partial charge in [0.2, 0.25) is 0 Å². The summed E-state index contributed by atoms with van der Waals surface area (Å²) in [5.41, 5.74) is 0.315. The molecule has 0 aliphatic carbocycles. The monoisotopic (exact) mass is 312 g/mol. The van der Waals surface area contributed by atoms with Gasteiger partial charge in [-0.3, -0.25) is 4.79 Å². The first-order valence-electron chi connectivity index (χ1n) is 6.08. The SMILES string of the molecule is CC1CNCCC1NC(=O)c1cc(Br)ccc1O. The highest BCUT2D eigenvalue weighted by Gasteiger charge is 2.24. The lowest BCUT2D eigenvalue weighted by Crippen LogP contribution is -2.48. The number of carbonyl (C=O) groups is 1. The molecular weight excluding hydrogens is 296 g/mol. The van der Waals surface area contributed by atoms with Crippen molar-refractivity contribution in [3.8, 4) is 5.75 Å². The van der Waals surface area contributed by atoms with E-state index in [-0.39, 0.29) is 17.7 Å². The van der Waals surface area contributed by atoms with Crippen molar-refractivity contribution in [1.82, 2.24) is 10.6 Å². The highest BCUT2D eigenvalue weighted by molar-refractivity contribution is 9.10. The van der Waals surface area contributed by atoms with Crippen LogP contribution in [0, 0.1) is 5.92 Å². The van der Waals surface area contributed by atoms with E-state index in [0.717, 1.165) is 24.0 Å². The normalized spacial score (nSPS) is 23.7. The Labute approximate surface area is 115 Å². The van der Waals surface area contributed by atoms with Crippen molar-refractivity contribution < 1.29 is 9.90 Å². The largest absolute Gasteiger partial charge is 0.507 e. The number of phenolic OH excluding ortho intramolecular Hbond substituents is 1. The number of piperidine rings is 1. The molecule has 0 aromatic heterocycles. The number of nitrogens with one attached hydrogen (secondary N) is 2. The van der Waals surface area contributed by atoms with Gasteiger partial charge in [0.25, 0.3) is 5.91 Å². The van der Waals surface area contributed by atoms with E-state index in [9.17, 15) is 9.90 Å². The molecule has 1 amide bonds. The lowest BCUT2D eigenvalue weighted by Gasteiger charge is -2.30. The number of carbonyl (C=O) groups excluding carboxylic acids is 1. The summed E-state index contributed by atoms with van der Waals surface area (Å²) in [5.74, 6) is 0.196. The number of hydrogen-bond acceptors (Lipinski definition) is 3. The Bertz CT molecular complexity index is 451. The van der Waals surface area contributed by atoms with Crippen LogP contribution in [0.15, 0.2) is 22.7 Å².